The van der Waals surface area contributed by atoms with E-state index in [2.05, 4.69) is 20.2 Å². The summed E-state index contributed by atoms with van der Waals surface area (Å²) in [7, 11) is 0. The Kier molecular flexibility index (Phi) is 4.89. The first-order valence-electron chi connectivity index (χ1n) is 7.97. The zero-order chi connectivity index (χ0) is 16.1. The molecule has 1 N–H and O–H groups in total. The van der Waals surface area contributed by atoms with E-state index in [0.717, 1.165) is 37.6 Å². The summed E-state index contributed by atoms with van der Waals surface area (Å²) in [6.45, 7) is 3.10. The molecular weight excluding hydrogens is 298 g/mol. The molecule has 0 unspecified atom stereocenters. The van der Waals surface area contributed by atoms with Crippen LogP contribution in [0.15, 0.2) is 12.3 Å². The molecule has 2 saturated heterocycles. The number of amides is 2. The van der Waals surface area contributed by atoms with Crippen LogP contribution in [0.25, 0.3) is 0 Å². The van der Waals surface area contributed by atoms with Gasteiger partial charge in [-0.2, -0.15) is 0 Å². The van der Waals surface area contributed by atoms with Gasteiger partial charge >= 0.3 is 6.09 Å². The average Bonchev–Trinajstić information content (AvgIpc) is 2.99. The number of piperidine rings is 1. The standard InChI is InChI=1S/C15H21N5O3/c21-13(11-20-8-9-23-15(20)22)17-10-12-4-5-16-14(18-12)19-6-2-1-3-7-19/h4-5H,1-3,6-11H2,(H,17,21). The highest BCUT2D eigenvalue weighted by Crippen LogP contribution is 2.15. The van der Waals surface area contributed by atoms with E-state index in [1.165, 1.54) is 11.3 Å². The van der Waals surface area contributed by atoms with Gasteiger partial charge < -0.3 is 15.0 Å². The second-order valence-electron chi connectivity index (χ2n) is 5.71. The summed E-state index contributed by atoms with van der Waals surface area (Å²) in [4.78, 5) is 35.6. The van der Waals surface area contributed by atoms with Crippen LogP contribution >= 0.6 is 0 Å². The van der Waals surface area contributed by atoms with Crippen LogP contribution in [0.5, 0.6) is 0 Å². The molecule has 2 fully saturated rings. The Balaban J connectivity index is 1.51. The molecule has 0 aromatic carbocycles. The van der Waals surface area contributed by atoms with Gasteiger partial charge in [-0.25, -0.2) is 14.8 Å². The third-order valence-corrected chi connectivity index (χ3v) is 3.99. The van der Waals surface area contributed by atoms with E-state index in [0.29, 0.717) is 19.7 Å². The van der Waals surface area contributed by atoms with Crippen LogP contribution in [-0.2, 0) is 16.1 Å². The van der Waals surface area contributed by atoms with Crippen LogP contribution in [0.4, 0.5) is 10.7 Å². The lowest BCUT2D eigenvalue weighted by Crippen LogP contribution is -2.37. The second-order valence-corrected chi connectivity index (χ2v) is 5.71. The van der Waals surface area contributed by atoms with Crippen LogP contribution in [-0.4, -0.2) is 59.7 Å². The molecule has 0 radical (unpaired) electrons. The minimum Gasteiger partial charge on any atom is -0.448 e. The molecule has 1 aromatic heterocycles. The Hall–Kier alpha value is -2.38. The van der Waals surface area contributed by atoms with Crippen molar-refractivity contribution >= 4 is 17.9 Å². The maximum absolute atomic E-state index is 11.9. The van der Waals surface area contributed by atoms with Gasteiger partial charge in [0.15, 0.2) is 0 Å². The highest BCUT2D eigenvalue weighted by molar-refractivity contribution is 5.82. The smallest absolute Gasteiger partial charge is 0.410 e. The summed E-state index contributed by atoms with van der Waals surface area (Å²) in [5, 5.41) is 2.78. The average molecular weight is 319 g/mol. The molecule has 1 aromatic rings. The Bertz CT molecular complexity index is 574. The summed E-state index contributed by atoms with van der Waals surface area (Å²) in [6.07, 6.45) is 4.86. The van der Waals surface area contributed by atoms with Crippen molar-refractivity contribution in [2.45, 2.75) is 25.8 Å². The van der Waals surface area contributed by atoms with E-state index in [1.54, 1.807) is 12.3 Å². The Labute approximate surface area is 134 Å². The summed E-state index contributed by atoms with van der Waals surface area (Å²) in [5.41, 5.74) is 0.762. The van der Waals surface area contributed by atoms with Crippen LogP contribution in [0, 0.1) is 0 Å². The van der Waals surface area contributed by atoms with E-state index in [1.807, 2.05) is 0 Å². The van der Waals surface area contributed by atoms with Crippen molar-refractivity contribution in [1.82, 2.24) is 20.2 Å². The fraction of sp³-hybridized carbons (Fsp3) is 0.600. The number of carbonyl (C=O) groups is 2. The number of rotatable bonds is 5. The van der Waals surface area contributed by atoms with Gasteiger partial charge in [-0.1, -0.05) is 0 Å². The number of hydrogen-bond acceptors (Lipinski definition) is 6. The summed E-state index contributed by atoms with van der Waals surface area (Å²) in [6, 6.07) is 1.79. The van der Waals surface area contributed by atoms with E-state index in [9.17, 15) is 9.59 Å². The number of hydrogen-bond donors (Lipinski definition) is 1. The van der Waals surface area contributed by atoms with Gasteiger partial charge in [-0.3, -0.25) is 9.69 Å². The van der Waals surface area contributed by atoms with E-state index >= 15 is 0 Å². The predicted octanol–water partition coefficient (Wildman–Crippen LogP) is 0.535. The predicted molar refractivity (Wildman–Crippen MR) is 82.9 cm³/mol. The SMILES string of the molecule is O=C(CN1CCOC1=O)NCc1ccnc(N2CCCCC2)n1. The molecular formula is C15H21N5O3. The largest absolute Gasteiger partial charge is 0.448 e. The number of cyclic esters (lactones) is 1. The normalized spacial score (nSPS) is 18.0. The molecule has 2 aliphatic heterocycles. The maximum atomic E-state index is 11.9. The molecule has 0 atom stereocenters. The molecule has 124 valence electrons. The summed E-state index contributed by atoms with van der Waals surface area (Å²) in [5.74, 6) is 0.501. The topological polar surface area (TPSA) is 87.7 Å². The Morgan fingerprint density at radius 3 is 2.83 bits per heavy atom. The highest BCUT2D eigenvalue weighted by Gasteiger charge is 2.24. The molecule has 3 heterocycles. The van der Waals surface area contributed by atoms with Crippen molar-refractivity contribution in [2.75, 3.05) is 37.7 Å². The lowest BCUT2D eigenvalue weighted by atomic mass is 10.1. The first kappa shape index (κ1) is 15.5. The number of anilines is 1. The molecule has 0 bridgehead atoms. The molecule has 8 nitrogen and oxygen atoms in total. The minimum atomic E-state index is -0.436. The number of aromatic nitrogens is 2. The van der Waals surface area contributed by atoms with Crippen LogP contribution < -0.4 is 10.2 Å². The summed E-state index contributed by atoms with van der Waals surface area (Å²) < 4.78 is 4.79. The van der Waals surface area contributed by atoms with Gasteiger partial charge in [0.25, 0.3) is 0 Å². The van der Waals surface area contributed by atoms with E-state index in [-0.39, 0.29) is 12.5 Å². The van der Waals surface area contributed by atoms with Crippen LogP contribution in [0.1, 0.15) is 25.0 Å². The van der Waals surface area contributed by atoms with Gasteiger partial charge in [0.1, 0.15) is 13.2 Å². The zero-order valence-corrected chi connectivity index (χ0v) is 13.0. The van der Waals surface area contributed by atoms with Gasteiger partial charge in [0.05, 0.1) is 18.8 Å². The van der Waals surface area contributed by atoms with E-state index in [4.69, 9.17) is 4.74 Å². The quantitative estimate of drug-likeness (QED) is 0.852. The third-order valence-electron chi connectivity index (χ3n) is 3.99. The van der Waals surface area contributed by atoms with Crippen molar-refractivity contribution < 1.29 is 14.3 Å². The molecule has 3 rings (SSSR count). The molecule has 0 aliphatic carbocycles. The lowest BCUT2D eigenvalue weighted by Gasteiger charge is -2.26. The molecule has 2 aliphatic rings. The molecule has 0 spiro atoms. The van der Waals surface area contributed by atoms with Gasteiger partial charge in [0.2, 0.25) is 11.9 Å². The van der Waals surface area contributed by atoms with E-state index < -0.39 is 6.09 Å². The summed E-state index contributed by atoms with van der Waals surface area (Å²) >= 11 is 0. The monoisotopic (exact) mass is 319 g/mol. The highest BCUT2D eigenvalue weighted by atomic mass is 16.6. The first-order chi connectivity index (χ1) is 11.2. The van der Waals surface area contributed by atoms with Crippen molar-refractivity contribution in [3.05, 3.63) is 18.0 Å². The van der Waals surface area contributed by atoms with Crippen LogP contribution in [0.3, 0.4) is 0 Å². The first-order valence-corrected chi connectivity index (χ1v) is 7.97. The van der Waals surface area contributed by atoms with Crippen molar-refractivity contribution in [1.29, 1.82) is 0 Å². The van der Waals surface area contributed by atoms with Gasteiger partial charge in [-0.15, -0.1) is 0 Å². The fourth-order valence-corrected chi connectivity index (χ4v) is 2.72. The Morgan fingerprint density at radius 1 is 1.26 bits per heavy atom. The minimum absolute atomic E-state index is 0.0168. The molecule has 8 heteroatoms. The zero-order valence-electron chi connectivity index (χ0n) is 13.0. The Morgan fingerprint density at radius 2 is 2.09 bits per heavy atom. The van der Waals surface area contributed by atoms with Crippen LogP contribution in [0.2, 0.25) is 0 Å². The fourth-order valence-electron chi connectivity index (χ4n) is 2.72. The number of ether oxygens (including phenoxy) is 1. The van der Waals surface area contributed by atoms with Crippen molar-refractivity contribution in [2.24, 2.45) is 0 Å². The molecule has 0 saturated carbocycles. The number of nitrogens with one attached hydrogen (secondary N) is 1. The third kappa shape index (κ3) is 4.08. The second kappa shape index (κ2) is 7.26. The maximum Gasteiger partial charge on any atom is 0.410 e. The van der Waals surface area contributed by atoms with Crippen molar-refractivity contribution in [3.8, 4) is 0 Å². The van der Waals surface area contributed by atoms with Gasteiger partial charge in [0, 0.05) is 19.3 Å². The number of carbonyl (C=O) groups excluding carboxylic acids is 2. The molecule has 2 amide bonds. The molecule has 23 heavy (non-hydrogen) atoms. The van der Waals surface area contributed by atoms with Gasteiger partial charge in [-0.05, 0) is 25.3 Å². The number of nitrogens with zero attached hydrogens (tertiary/aromatic N) is 4. The van der Waals surface area contributed by atoms with Crippen molar-refractivity contribution in [3.63, 3.8) is 0 Å². The lowest BCUT2D eigenvalue weighted by molar-refractivity contribution is -0.121.